The summed E-state index contributed by atoms with van der Waals surface area (Å²) in [4.78, 5) is 0. The zero-order valence-electron chi connectivity index (χ0n) is 22.9. The van der Waals surface area contributed by atoms with Crippen molar-refractivity contribution >= 4 is 25.0 Å². The summed E-state index contributed by atoms with van der Waals surface area (Å²) in [6.07, 6.45) is 6.74. The highest BCUT2D eigenvalue weighted by Gasteiger charge is 2.60. The Morgan fingerprint density at radius 2 is 1.52 bits per heavy atom. The summed E-state index contributed by atoms with van der Waals surface area (Å²) in [6, 6.07) is 7.02. The van der Waals surface area contributed by atoms with Gasteiger partial charge in [0.1, 0.15) is 5.75 Å². The molecule has 0 aromatic heterocycles. The molecule has 0 aliphatic heterocycles. The van der Waals surface area contributed by atoms with E-state index in [1.807, 2.05) is 0 Å². The van der Waals surface area contributed by atoms with Crippen molar-refractivity contribution in [2.24, 2.45) is 17.3 Å². The van der Waals surface area contributed by atoms with Crippen LogP contribution in [0.15, 0.2) is 18.2 Å². The lowest BCUT2D eigenvalue weighted by Gasteiger charge is -2.51. The van der Waals surface area contributed by atoms with Crippen LogP contribution in [0.2, 0.25) is 58.9 Å². The molecule has 186 valence electrons. The maximum absolute atomic E-state index is 6.96. The largest absolute Gasteiger partial charge is 0.544 e. The summed E-state index contributed by atoms with van der Waals surface area (Å²) in [5.41, 5.74) is 3.39. The van der Waals surface area contributed by atoms with E-state index in [1.54, 1.807) is 11.1 Å². The van der Waals surface area contributed by atoms with Crippen LogP contribution in [-0.4, -0.2) is 37.2 Å². The van der Waals surface area contributed by atoms with Crippen LogP contribution in [0.4, 0.5) is 0 Å². The van der Waals surface area contributed by atoms with E-state index < -0.39 is 25.0 Å². The standard InChI is InChI=1S/C27H48O3Si3/c1-27-16-15-22-21-14-12-20(28-31(2,3)4)17-19(21)11-13-23(22)24(27)18-25(29-32(5,6)7)26(27)30-33(8,9)10/h12,14,17,22-26H,11,13,15-16,18H2,1-10H3/t22-,23-,24+,25-,26-,27+/m1/s1. The first kappa shape index (κ1) is 25.7. The first-order chi connectivity index (χ1) is 15.1. The van der Waals surface area contributed by atoms with Crippen LogP contribution < -0.4 is 4.43 Å². The molecule has 6 heteroatoms. The van der Waals surface area contributed by atoms with E-state index in [1.165, 1.54) is 32.1 Å². The van der Waals surface area contributed by atoms with E-state index in [-0.39, 0.29) is 17.6 Å². The number of hydrogen-bond acceptors (Lipinski definition) is 3. The van der Waals surface area contributed by atoms with Crippen LogP contribution in [-0.2, 0) is 15.3 Å². The normalized spacial score (nSPS) is 34.4. The van der Waals surface area contributed by atoms with Gasteiger partial charge in [0.15, 0.2) is 16.6 Å². The molecule has 1 aromatic rings. The molecule has 4 rings (SSSR count). The van der Waals surface area contributed by atoms with Crippen LogP contribution in [0.5, 0.6) is 5.75 Å². The number of aryl methyl sites for hydroxylation is 1. The maximum Gasteiger partial charge on any atom is 0.242 e. The van der Waals surface area contributed by atoms with Gasteiger partial charge in [-0.1, -0.05) is 13.0 Å². The summed E-state index contributed by atoms with van der Waals surface area (Å²) >= 11 is 0. The zero-order valence-corrected chi connectivity index (χ0v) is 25.9. The van der Waals surface area contributed by atoms with Gasteiger partial charge in [-0.2, -0.15) is 0 Å². The molecule has 2 fully saturated rings. The van der Waals surface area contributed by atoms with Crippen molar-refractivity contribution in [2.45, 2.75) is 116 Å². The molecule has 6 atom stereocenters. The van der Waals surface area contributed by atoms with Crippen molar-refractivity contribution in [3.8, 4) is 5.75 Å². The smallest absolute Gasteiger partial charge is 0.242 e. The third kappa shape index (κ3) is 5.55. The Labute approximate surface area is 206 Å². The second-order valence-corrected chi connectivity index (χ2v) is 27.5. The molecule has 0 amide bonds. The van der Waals surface area contributed by atoms with Crippen molar-refractivity contribution in [3.63, 3.8) is 0 Å². The van der Waals surface area contributed by atoms with Crippen LogP contribution in [0.25, 0.3) is 0 Å². The summed E-state index contributed by atoms with van der Waals surface area (Å²) in [5.74, 6) is 3.22. The van der Waals surface area contributed by atoms with E-state index in [0.29, 0.717) is 11.8 Å². The fraction of sp³-hybridized carbons (Fsp3) is 0.778. The van der Waals surface area contributed by atoms with E-state index in [2.05, 4.69) is 84.0 Å². The van der Waals surface area contributed by atoms with Gasteiger partial charge in [-0.15, -0.1) is 0 Å². The van der Waals surface area contributed by atoms with E-state index >= 15 is 0 Å². The highest BCUT2D eigenvalue weighted by atomic mass is 28.4. The lowest BCUT2D eigenvalue weighted by Crippen LogP contribution is -2.50. The Balaban J connectivity index is 1.62. The second-order valence-electron chi connectivity index (χ2n) is 14.2. The van der Waals surface area contributed by atoms with Crippen molar-refractivity contribution in [3.05, 3.63) is 29.3 Å². The van der Waals surface area contributed by atoms with Crippen LogP contribution in [0, 0.1) is 17.3 Å². The molecule has 1 aromatic carbocycles. The molecule has 0 unspecified atom stereocenters. The van der Waals surface area contributed by atoms with Gasteiger partial charge in [-0.25, -0.2) is 0 Å². The Morgan fingerprint density at radius 3 is 2.12 bits per heavy atom. The zero-order chi connectivity index (χ0) is 24.4. The summed E-state index contributed by atoms with van der Waals surface area (Å²) in [5, 5.41) is 0. The molecule has 0 spiro atoms. The highest BCUT2D eigenvalue weighted by Crippen LogP contribution is 2.62. The van der Waals surface area contributed by atoms with Crippen LogP contribution >= 0.6 is 0 Å². The molecular weight excluding hydrogens is 457 g/mol. The number of rotatable bonds is 6. The number of fused-ring (bicyclic) bond motifs is 5. The quantitative estimate of drug-likeness (QED) is 0.370. The number of hydrogen-bond donors (Lipinski definition) is 0. The monoisotopic (exact) mass is 504 g/mol. The predicted octanol–water partition coefficient (Wildman–Crippen LogP) is 7.81. The van der Waals surface area contributed by atoms with Gasteiger partial charge in [0.2, 0.25) is 8.32 Å². The minimum absolute atomic E-state index is 0.240. The maximum atomic E-state index is 6.96. The Bertz CT molecular complexity index is 867. The minimum Gasteiger partial charge on any atom is -0.544 e. The van der Waals surface area contributed by atoms with Crippen LogP contribution in [0.1, 0.15) is 49.7 Å². The van der Waals surface area contributed by atoms with Crippen molar-refractivity contribution < 1.29 is 13.3 Å². The van der Waals surface area contributed by atoms with Crippen LogP contribution in [0.3, 0.4) is 0 Å². The summed E-state index contributed by atoms with van der Waals surface area (Å²) < 4.78 is 20.1. The lowest BCUT2D eigenvalue weighted by atomic mass is 9.55. The van der Waals surface area contributed by atoms with Gasteiger partial charge in [0.25, 0.3) is 0 Å². The molecule has 0 saturated heterocycles. The molecule has 2 saturated carbocycles. The average molecular weight is 505 g/mol. The Kier molecular flexibility index (Phi) is 6.70. The van der Waals surface area contributed by atoms with E-state index in [9.17, 15) is 0 Å². The average Bonchev–Trinajstić information content (AvgIpc) is 2.89. The number of benzene rings is 1. The van der Waals surface area contributed by atoms with Gasteiger partial charge >= 0.3 is 0 Å². The SMILES string of the molecule is C[C@]12CC[C@@H]3c4ccc(O[Si](C)(C)C)cc4CC[C@H]3[C@@H]1C[C@@H](O[Si](C)(C)C)[C@H]2O[Si](C)(C)C. The Hall–Kier alpha value is -0.409. The van der Waals surface area contributed by atoms with Gasteiger partial charge in [0.05, 0.1) is 12.2 Å². The lowest BCUT2D eigenvalue weighted by molar-refractivity contribution is -0.0363. The topological polar surface area (TPSA) is 27.7 Å². The summed E-state index contributed by atoms with van der Waals surface area (Å²) in [6.45, 7) is 23.4. The molecular formula is C27H48O3Si3. The van der Waals surface area contributed by atoms with Crippen molar-refractivity contribution in [1.29, 1.82) is 0 Å². The second kappa shape index (κ2) is 8.61. The van der Waals surface area contributed by atoms with Gasteiger partial charge in [-0.3, -0.25) is 0 Å². The highest BCUT2D eigenvalue weighted by molar-refractivity contribution is 6.70. The van der Waals surface area contributed by atoms with Crippen molar-refractivity contribution in [1.82, 2.24) is 0 Å². The Morgan fingerprint density at radius 1 is 0.848 bits per heavy atom. The first-order valence-corrected chi connectivity index (χ1v) is 23.5. The van der Waals surface area contributed by atoms with Gasteiger partial charge < -0.3 is 13.3 Å². The molecule has 0 bridgehead atoms. The van der Waals surface area contributed by atoms with Gasteiger partial charge in [-0.05, 0) is 137 Å². The fourth-order valence-electron chi connectivity index (χ4n) is 7.07. The van der Waals surface area contributed by atoms with Crippen molar-refractivity contribution in [2.75, 3.05) is 0 Å². The first-order valence-electron chi connectivity index (χ1n) is 13.2. The molecule has 0 radical (unpaired) electrons. The molecule has 33 heavy (non-hydrogen) atoms. The molecule has 3 nitrogen and oxygen atoms in total. The van der Waals surface area contributed by atoms with E-state index in [4.69, 9.17) is 13.3 Å². The third-order valence-electron chi connectivity index (χ3n) is 8.02. The molecule has 0 N–H and O–H groups in total. The summed E-state index contributed by atoms with van der Waals surface area (Å²) in [7, 11) is -4.89. The predicted molar refractivity (Wildman–Crippen MR) is 147 cm³/mol. The third-order valence-corrected chi connectivity index (χ3v) is 10.8. The van der Waals surface area contributed by atoms with E-state index in [0.717, 1.165) is 11.7 Å². The molecule has 3 aliphatic carbocycles. The molecule has 3 aliphatic rings. The molecule has 0 heterocycles. The minimum atomic E-state index is -1.67. The fourth-order valence-corrected chi connectivity index (χ4v) is 10.2. The van der Waals surface area contributed by atoms with Gasteiger partial charge in [0, 0.05) is 0 Å².